The molecule has 0 N–H and O–H groups in total. The van der Waals surface area contributed by atoms with Crippen LogP contribution in [-0.2, 0) is 4.79 Å². The lowest BCUT2D eigenvalue weighted by Crippen LogP contribution is -2.37. The molecule has 0 saturated carbocycles. The van der Waals surface area contributed by atoms with E-state index in [1.165, 1.54) is 6.42 Å². The maximum Gasteiger partial charge on any atom is 0.146 e. The molecule has 14 heavy (non-hydrogen) atoms. The smallest absolute Gasteiger partial charge is 0.146 e. The zero-order valence-electron chi connectivity index (χ0n) is 10.1. The van der Waals surface area contributed by atoms with Crippen molar-refractivity contribution in [2.24, 2.45) is 11.3 Å². The second-order valence-electron chi connectivity index (χ2n) is 5.63. The molecule has 1 heterocycles. The van der Waals surface area contributed by atoms with E-state index in [9.17, 15) is 4.79 Å². The number of hydrogen-bond acceptors (Lipinski definition) is 2. The number of likely N-dealkylation sites (tertiary alicyclic amines) is 1. The van der Waals surface area contributed by atoms with Crippen LogP contribution < -0.4 is 0 Å². The van der Waals surface area contributed by atoms with E-state index in [4.69, 9.17) is 0 Å². The fourth-order valence-electron chi connectivity index (χ4n) is 2.10. The first-order chi connectivity index (χ1) is 6.32. The molecule has 0 spiro atoms. The Kier molecular flexibility index (Phi) is 3.36. The number of ketones is 1. The largest absolute Gasteiger partial charge is 0.298 e. The number of hydrogen-bond donors (Lipinski definition) is 0. The summed E-state index contributed by atoms with van der Waals surface area (Å²) in [6.45, 7) is 12.8. The van der Waals surface area contributed by atoms with Gasteiger partial charge in [0.1, 0.15) is 5.78 Å². The molecule has 0 bridgehead atoms. The predicted molar refractivity (Wildman–Crippen MR) is 59.3 cm³/mol. The topological polar surface area (TPSA) is 20.3 Å². The zero-order valence-corrected chi connectivity index (χ0v) is 10.1. The average Bonchev–Trinajstić information content (AvgIpc) is 2.49. The Hall–Kier alpha value is -0.370. The molecule has 0 aliphatic carbocycles. The maximum atomic E-state index is 11.2. The fraction of sp³-hybridized carbons (Fsp3) is 0.917. The lowest BCUT2D eigenvalue weighted by Gasteiger charge is -2.28. The van der Waals surface area contributed by atoms with Crippen molar-refractivity contribution in [3.05, 3.63) is 0 Å². The minimum Gasteiger partial charge on any atom is -0.298 e. The van der Waals surface area contributed by atoms with E-state index in [2.05, 4.69) is 25.7 Å². The number of carbonyl (C=O) groups excluding carboxylic acids is 1. The van der Waals surface area contributed by atoms with E-state index in [0.29, 0.717) is 11.2 Å². The minimum absolute atomic E-state index is 0.113. The van der Waals surface area contributed by atoms with Gasteiger partial charge in [0.25, 0.3) is 0 Å². The third-order valence-electron chi connectivity index (χ3n) is 3.58. The predicted octanol–water partition coefficient (Wildman–Crippen LogP) is 2.33. The lowest BCUT2D eigenvalue weighted by molar-refractivity contribution is -0.121. The first kappa shape index (κ1) is 11.7. The van der Waals surface area contributed by atoms with Crippen LogP contribution in [0.3, 0.4) is 0 Å². The molecular formula is C12H23NO. The van der Waals surface area contributed by atoms with Crippen LogP contribution in [0.2, 0.25) is 0 Å². The van der Waals surface area contributed by atoms with Crippen LogP contribution in [0.5, 0.6) is 0 Å². The van der Waals surface area contributed by atoms with Gasteiger partial charge in [-0.1, -0.05) is 20.8 Å². The van der Waals surface area contributed by atoms with Gasteiger partial charge in [0.05, 0.1) is 6.04 Å². The molecule has 2 unspecified atom stereocenters. The summed E-state index contributed by atoms with van der Waals surface area (Å²) in [6, 6.07) is 0.113. The van der Waals surface area contributed by atoms with Crippen molar-refractivity contribution >= 4 is 5.78 Å². The SMILES string of the molecule is CC(=O)C(C)N1CCC(C(C)(C)C)C1. The molecule has 82 valence electrons. The highest BCUT2D eigenvalue weighted by atomic mass is 16.1. The summed E-state index contributed by atoms with van der Waals surface area (Å²) in [6.07, 6.45) is 1.24. The highest BCUT2D eigenvalue weighted by Crippen LogP contribution is 2.34. The Bertz CT molecular complexity index is 217. The highest BCUT2D eigenvalue weighted by Gasteiger charge is 2.34. The molecule has 2 atom stereocenters. The lowest BCUT2D eigenvalue weighted by atomic mass is 9.80. The summed E-state index contributed by atoms with van der Waals surface area (Å²) in [5, 5.41) is 0. The first-order valence-corrected chi connectivity index (χ1v) is 5.57. The minimum atomic E-state index is 0.113. The van der Waals surface area contributed by atoms with Crippen LogP contribution >= 0.6 is 0 Å². The van der Waals surface area contributed by atoms with Gasteiger partial charge in [-0.2, -0.15) is 0 Å². The van der Waals surface area contributed by atoms with Crippen molar-refractivity contribution in [3.8, 4) is 0 Å². The standard InChI is InChI=1S/C12H23NO/c1-9(10(2)14)13-7-6-11(8-13)12(3,4)5/h9,11H,6-8H2,1-5H3. The van der Waals surface area contributed by atoms with Gasteiger partial charge in [0.15, 0.2) is 0 Å². The molecule has 2 heteroatoms. The molecule has 0 aromatic rings. The van der Waals surface area contributed by atoms with Crippen molar-refractivity contribution in [1.29, 1.82) is 0 Å². The van der Waals surface area contributed by atoms with Crippen molar-refractivity contribution < 1.29 is 4.79 Å². The fourth-order valence-corrected chi connectivity index (χ4v) is 2.10. The van der Waals surface area contributed by atoms with Gasteiger partial charge in [-0.05, 0) is 38.1 Å². The van der Waals surface area contributed by atoms with Crippen LogP contribution in [0.4, 0.5) is 0 Å². The maximum absolute atomic E-state index is 11.2. The highest BCUT2D eigenvalue weighted by molar-refractivity contribution is 5.80. The van der Waals surface area contributed by atoms with E-state index in [1.807, 2.05) is 6.92 Å². The van der Waals surface area contributed by atoms with E-state index >= 15 is 0 Å². The van der Waals surface area contributed by atoms with E-state index in [0.717, 1.165) is 19.0 Å². The number of Topliss-reactive ketones (excluding diaryl/α,β-unsaturated/α-hetero) is 1. The summed E-state index contributed by atoms with van der Waals surface area (Å²) in [4.78, 5) is 13.6. The van der Waals surface area contributed by atoms with Crippen molar-refractivity contribution in [2.75, 3.05) is 13.1 Å². The summed E-state index contributed by atoms with van der Waals surface area (Å²) in [5.74, 6) is 1.03. The normalized spacial score (nSPS) is 26.5. The van der Waals surface area contributed by atoms with Gasteiger partial charge in [0, 0.05) is 6.54 Å². The molecule has 0 radical (unpaired) electrons. The van der Waals surface area contributed by atoms with E-state index in [1.54, 1.807) is 6.92 Å². The Labute approximate surface area is 87.7 Å². The third kappa shape index (κ3) is 2.57. The molecule has 1 rings (SSSR count). The van der Waals surface area contributed by atoms with Crippen LogP contribution in [0, 0.1) is 11.3 Å². The molecule has 1 fully saturated rings. The summed E-state index contributed by atoms with van der Waals surface area (Å²) in [5.41, 5.74) is 0.380. The van der Waals surface area contributed by atoms with Gasteiger partial charge < -0.3 is 0 Å². The zero-order chi connectivity index (χ0) is 10.9. The summed E-state index contributed by atoms with van der Waals surface area (Å²) in [7, 11) is 0. The summed E-state index contributed by atoms with van der Waals surface area (Å²) < 4.78 is 0. The van der Waals surface area contributed by atoms with Crippen LogP contribution in [-0.4, -0.2) is 29.8 Å². The number of nitrogens with zero attached hydrogens (tertiary/aromatic N) is 1. The second kappa shape index (κ2) is 4.01. The molecule has 1 aliphatic rings. The van der Waals surface area contributed by atoms with Crippen molar-refractivity contribution in [3.63, 3.8) is 0 Å². The summed E-state index contributed by atoms with van der Waals surface area (Å²) >= 11 is 0. The van der Waals surface area contributed by atoms with Crippen molar-refractivity contribution in [2.45, 2.75) is 47.1 Å². The molecule has 1 aliphatic heterocycles. The van der Waals surface area contributed by atoms with Crippen LogP contribution in [0.1, 0.15) is 41.0 Å². The Morgan fingerprint density at radius 3 is 2.36 bits per heavy atom. The van der Waals surface area contributed by atoms with Gasteiger partial charge in [0.2, 0.25) is 0 Å². The van der Waals surface area contributed by atoms with Gasteiger partial charge in [-0.25, -0.2) is 0 Å². The number of carbonyl (C=O) groups is 1. The molecule has 0 aromatic heterocycles. The van der Waals surface area contributed by atoms with E-state index in [-0.39, 0.29) is 6.04 Å². The molecular weight excluding hydrogens is 174 g/mol. The second-order valence-corrected chi connectivity index (χ2v) is 5.63. The molecule has 1 saturated heterocycles. The molecule has 0 aromatic carbocycles. The van der Waals surface area contributed by atoms with Gasteiger partial charge in [-0.15, -0.1) is 0 Å². The number of rotatable bonds is 2. The van der Waals surface area contributed by atoms with Crippen molar-refractivity contribution in [1.82, 2.24) is 4.90 Å². The average molecular weight is 197 g/mol. The van der Waals surface area contributed by atoms with Crippen LogP contribution in [0.25, 0.3) is 0 Å². The molecule has 0 amide bonds. The Balaban J connectivity index is 2.53. The van der Waals surface area contributed by atoms with Crippen LogP contribution in [0.15, 0.2) is 0 Å². The van der Waals surface area contributed by atoms with Gasteiger partial charge in [-0.3, -0.25) is 9.69 Å². The monoisotopic (exact) mass is 197 g/mol. The Morgan fingerprint density at radius 2 is 2.00 bits per heavy atom. The quantitative estimate of drug-likeness (QED) is 0.677. The molecule has 2 nitrogen and oxygen atoms in total. The Morgan fingerprint density at radius 1 is 1.43 bits per heavy atom. The van der Waals surface area contributed by atoms with E-state index < -0.39 is 0 Å². The first-order valence-electron chi connectivity index (χ1n) is 5.57. The van der Waals surface area contributed by atoms with Gasteiger partial charge >= 0.3 is 0 Å². The third-order valence-corrected chi connectivity index (χ3v) is 3.58.